The highest BCUT2D eigenvalue weighted by Crippen LogP contribution is 2.36. The predicted molar refractivity (Wildman–Crippen MR) is 98.8 cm³/mol. The molecule has 1 atom stereocenters. The number of pyridine rings is 1. The molecule has 1 aromatic heterocycles. The predicted octanol–water partition coefficient (Wildman–Crippen LogP) is 2.00. The first-order valence-electron chi connectivity index (χ1n) is 8.84. The van der Waals surface area contributed by atoms with E-state index < -0.39 is 51.6 Å². The van der Waals surface area contributed by atoms with Gasteiger partial charge >= 0.3 is 0 Å². The second kappa shape index (κ2) is 7.40. The number of carbonyl (C=O) groups is 2. The van der Waals surface area contributed by atoms with Crippen LogP contribution in [0.5, 0.6) is 5.75 Å². The molecule has 29 heavy (non-hydrogen) atoms. The van der Waals surface area contributed by atoms with E-state index in [-0.39, 0.29) is 24.3 Å². The molecule has 154 valence electrons. The highest BCUT2D eigenvalue weighted by Gasteiger charge is 2.45. The third kappa shape index (κ3) is 3.53. The number of hydrogen-bond acceptors (Lipinski definition) is 5. The molecule has 1 aromatic carbocycles. The Morgan fingerprint density at radius 1 is 1.34 bits per heavy atom. The van der Waals surface area contributed by atoms with Crippen LogP contribution < -0.4 is 10.7 Å². The normalized spacial score (nSPS) is 17.7. The summed E-state index contributed by atoms with van der Waals surface area (Å²) < 4.78 is 33.4. The van der Waals surface area contributed by atoms with Gasteiger partial charge < -0.3 is 19.7 Å². The molecule has 0 bridgehead atoms. The van der Waals surface area contributed by atoms with Crippen molar-refractivity contribution in [1.82, 2.24) is 9.88 Å². The van der Waals surface area contributed by atoms with E-state index in [2.05, 4.69) is 5.32 Å². The highest BCUT2D eigenvalue weighted by molar-refractivity contribution is 6.03. The second-order valence-electron chi connectivity index (χ2n) is 7.42. The van der Waals surface area contributed by atoms with Crippen LogP contribution in [0.1, 0.15) is 40.3 Å². The summed E-state index contributed by atoms with van der Waals surface area (Å²) in [5.74, 6) is -3.76. The van der Waals surface area contributed by atoms with Gasteiger partial charge in [0.25, 0.3) is 5.91 Å². The number of fused-ring (bicyclic) bond motifs is 1. The molecular weight excluding hydrogens is 386 g/mol. The van der Waals surface area contributed by atoms with Crippen LogP contribution in [0.3, 0.4) is 0 Å². The number of methoxy groups -OCH3 is 1. The van der Waals surface area contributed by atoms with Gasteiger partial charge in [-0.25, -0.2) is 8.78 Å². The van der Waals surface area contributed by atoms with Gasteiger partial charge in [-0.05, 0) is 19.9 Å². The molecule has 0 saturated heterocycles. The summed E-state index contributed by atoms with van der Waals surface area (Å²) in [5.41, 5.74) is -2.54. The molecular formula is C20H20F2N2O5. The Morgan fingerprint density at radius 2 is 2.03 bits per heavy atom. The molecule has 1 unspecified atom stereocenters. The number of nitrogens with zero attached hydrogens (tertiary/aromatic N) is 1. The second-order valence-corrected chi connectivity index (χ2v) is 7.42. The van der Waals surface area contributed by atoms with Gasteiger partial charge in [0.15, 0.2) is 11.5 Å². The molecule has 1 amide bonds. The summed E-state index contributed by atoms with van der Waals surface area (Å²) in [6.07, 6.45) is 0.640. The van der Waals surface area contributed by atoms with E-state index in [1.807, 2.05) is 0 Å². The van der Waals surface area contributed by atoms with Crippen molar-refractivity contribution in [3.63, 3.8) is 0 Å². The highest BCUT2D eigenvalue weighted by atomic mass is 19.1. The molecule has 1 aliphatic rings. The molecule has 0 radical (unpaired) electrons. The van der Waals surface area contributed by atoms with Crippen LogP contribution in [-0.2, 0) is 17.8 Å². The van der Waals surface area contributed by atoms with Gasteiger partial charge in [0.1, 0.15) is 22.9 Å². The molecule has 3 rings (SSSR count). The molecule has 2 heterocycles. The van der Waals surface area contributed by atoms with Crippen LogP contribution in [0.15, 0.2) is 29.2 Å². The lowest BCUT2D eigenvalue weighted by Crippen LogP contribution is -2.48. The van der Waals surface area contributed by atoms with Crippen molar-refractivity contribution < 1.29 is 28.2 Å². The standard InChI is InChI=1S/C20H20F2N2O5/c1-20(2)14(29-3)9-24-8-12(16(25)17(26)15(24)18(20)27)19(28)23-7-10-4-5-11(21)6-13(10)22/h4-6,8,14,26H,7,9H2,1-3H3,(H,23,28). The fourth-order valence-electron chi connectivity index (χ4n) is 3.36. The van der Waals surface area contributed by atoms with Crippen molar-refractivity contribution in [2.45, 2.75) is 33.0 Å². The lowest BCUT2D eigenvalue weighted by Gasteiger charge is -2.38. The van der Waals surface area contributed by atoms with Gasteiger partial charge in [0.2, 0.25) is 5.43 Å². The summed E-state index contributed by atoms with van der Waals surface area (Å²) in [6, 6.07) is 2.90. The molecule has 9 heteroatoms. The molecule has 0 spiro atoms. The smallest absolute Gasteiger partial charge is 0.257 e. The zero-order chi connectivity index (χ0) is 21.5. The molecule has 0 saturated carbocycles. The minimum absolute atomic E-state index is 0.0263. The third-order valence-electron chi connectivity index (χ3n) is 5.21. The number of benzene rings is 1. The maximum Gasteiger partial charge on any atom is 0.257 e. The molecule has 2 aromatic rings. The minimum Gasteiger partial charge on any atom is -0.503 e. The van der Waals surface area contributed by atoms with Crippen LogP contribution >= 0.6 is 0 Å². The van der Waals surface area contributed by atoms with Crippen molar-refractivity contribution in [2.24, 2.45) is 5.41 Å². The van der Waals surface area contributed by atoms with E-state index in [9.17, 15) is 28.3 Å². The van der Waals surface area contributed by atoms with Gasteiger partial charge in [-0.3, -0.25) is 14.4 Å². The van der Waals surface area contributed by atoms with Gasteiger partial charge in [-0.1, -0.05) is 6.07 Å². The average Bonchev–Trinajstić information content (AvgIpc) is 2.66. The zero-order valence-corrected chi connectivity index (χ0v) is 16.1. The number of hydrogen-bond donors (Lipinski definition) is 2. The Balaban J connectivity index is 1.93. The third-order valence-corrected chi connectivity index (χ3v) is 5.21. The monoisotopic (exact) mass is 406 g/mol. The maximum atomic E-state index is 13.7. The van der Waals surface area contributed by atoms with E-state index in [1.165, 1.54) is 23.9 Å². The van der Waals surface area contributed by atoms with Crippen LogP contribution in [-0.4, -0.2) is 34.6 Å². The molecule has 1 aliphatic heterocycles. The SMILES string of the molecule is COC1Cn2cc(C(=O)NCc3ccc(F)cc3F)c(=O)c(O)c2C(=O)C1(C)C. The first-order chi connectivity index (χ1) is 13.6. The first kappa shape index (κ1) is 20.7. The first-order valence-corrected chi connectivity index (χ1v) is 8.84. The number of ether oxygens (including phenoxy) is 1. The van der Waals surface area contributed by atoms with Gasteiger partial charge in [0.05, 0.1) is 18.1 Å². The maximum absolute atomic E-state index is 13.7. The topological polar surface area (TPSA) is 97.6 Å². The average molecular weight is 406 g/mol. The Hall–Kier alpha value is -3.07. The van der Waals surface area contributed by atoms with Crippen molar-refractivity contribution in [2.75, 3.05) is 7.11 Å². The Kier molecular flexibility index (Phi) is 5.27. The number of carbonyl (C=O) groups excluding carboxylic acids is 2. The molecule has 0 fully saturated rings. The number of Topliss-reactive ketones (excluding diaryl/α,β-unsaturated/α-hetero) is 1. The van der Waals surface area contributed by atoms with E-state index in [4.69, 9.17) is 4.74 Å². The summed E-state index contributed by atoms with van der Waals surface area (Å²) in [7, 11) is 1.44. The number of aromatic hydroxyl groups is 1. The number of amides is 1. The Morgan fingerprint density at radius 3 is 2.66 bits per heavy atom. The van der Waals surface area contributed by atoms with Crippen molar-refractivity contribution in [1.29, 1.82) is 0 Å². The van der Waals surface area contributed by atoms with Gasteiger partial charge in [-0.2, -0.15) is 0 Å². The van der Waals surface area contributed by atoms with Crippen molar-refractivity contribution >= 4 is 11.7 Å². The fraction of sp³-hybridized carbons (Fsp3) is 0.350. The molecule has 7 nitrogen and oxygen atoms in total. The minimum atomic E-state index is -1.01. The fourth-order valence-corrected chi connectivity index (χ4v) is 3.36. The summed E-state index contributed by atoms with van der Waals surface area (Å²) in [5, 5.41) is 12.7. The number of ketones is 1. The Bertz CT molecular complexity index is 1060. The van der Waals surface area contributed by atoms with E-state index in [0.717, 1.165) is 6.07 Å². The lowest BCUT2D eigenvalue weighted by molar-refractivity contribution is -0.00729. The van der Waals surface area contributed by atoms with Crippen molar-refractivity contribution in [3.05, 3.63) is 63.1 Å². The summed E-state index contributed by atoms with van der Waals surface area (Å²) in [6.45, 7) is 3.15. The lowest BCUT2D eigenvalue weighted by atomic mass is 9.77. The van der Waals surface area contributed by atoms with E-state index in [0.29, 0.717) is 6.07 Å². The quantitative estimate of drug-likeness (QED) is 0.810. The van der Waals surface area contributed by atoms with Gasteiger partial charge in [0, 0.05) is 31.5 Å². The largest absolute Gasteiger partial charge is 0.503 e. The Labute approximate surface area is 164 Å². The summed E-state index contributed by atoms with van der Waals surface area (Å²) >= 11 is 0. The van der Waals surface area contributed by atoms with Crippen LogP contribution in [0, 0.1) is 17.0 Å². The van der Waals surface area contributed by atoms with Crippen molar-refractivity contribution in [3.8, 4) is 5.75 Å². The number of nitrogens with one attached hydrogen (secondary N) is 1. The van der Waals surface area contributed by atoms with Gasteiger partial charge in [-0.15, -0.1) is 0 Å². The molecule has 2 N–H and O–H groups in total. The number of halogens is 2. The zero-order valence-electron chi connectivity index (χ0n) is 16.1. The van der Waals surface area contributed by atoms with E-state index in [1.54, 1.807) is 13.8 Å². The molecule has 0 aliphatic carbocycles. The van der Waals surface area contributed by atoms with Crippen LogP contribution in [0.2, 0.25) is 0 Å². The number of aromatic nitrogens is 1. The van der Waals surface area contributed by atoms with E-state index >= 15 is 0 Å². The van der Waals surface area contributed by atoms with Crippen LogP contribution in [0.4, 0.5) is 8.78 Å². The van der Waals surface area contributed by atoms with Crippen LogP contribution in [0.25, 0.3) is 0 Å². The summed E-state index contributed by atoms with van der Waals surface area (Å²) in [4.78, 5) is 37.7. The number of rotatable bonds is 4.